The number of halogens is 1. The van der Waals surface area contributed by atoms with Gasteiger partial charge in [0, 0.05) is 11.1 Å². The van der Waals surface area contributed by atoms with Crippen LogP contribution in [0.1, 0.15) is 18.1 Å². The molecule has 2 rings (SSSR count). The van der Waals surface area contributed by atoms with E-state index in [1.165, 1.54) is 5.56 Å². The number of aryl methyl sites for hydroxylation is 1. The van der Waals surface area contributed by atoms with Gasteiger partial charge >= 0.3 is 0 Å². The van der Waals surface area contributed by atoms with Crippen molar-refractivity contribution in [2.24, 2.45) is 0 Å². The molecule has 4 nitrogen and oxygen atoms in total. The lowest BCUT2D eigenvalue weighted by atomic mass is 10.1. The predicted molar refractivity (Wildman–Crippen MR) is 74.2 cm³/mol. The van der Waals surface area contributed by atoms with E-state index in [0.29, 0.717) is 11.3 Å². The standard InChI is InChI=1S/C14H13ClN2O2/c1-2-9-3-5-10(6-4-9)12-7-11(8-13(15)18)14(19)17-16-12/h3-7H,2,8H2,1H3,(H,17,19). The summed E-state index contributed by atoms with van der Waals surface area (Å²) in [5.41, 5.74) is 2.67. The maximum absolute atomic E-state index is 11.5. The normalized spacial score (nSPS) is 10.4. The molecule has 1 heterocycles. The first kappa shape index (κ1) is 13.5. The van der Waals surface area contributed by atoms with Gasteiger partial charge in [0.2, 0.25) is 5.24 Å². The van der Waals surface area contributed by atoms with E-state index in [-0.39, 0.29) is 12.0 Å². The van der Waals surface area contributed by atoms with Crippen LogP contribution in [0.3, 0.4) is 0 Å². The summed E-state index contributed by atoms with van der Waals surface area (Å²) in [5, 5.41) is 5.80. The lowest BCUT2D eigenvalue weighted by Gasteiger charge is -2.03. The predicted octanol–water partition coefficient (Wildman–Crippen LogP) is 2.31. The zero-order chi connectivity index (χ0) is 13.8. The number of rotatable bonds is 4. The number of carbonyl (C=O) groups excluding carboxylic acids is 1. The van der Waals surface area contributed by atoms with E-state index < -0.39 is 5.24 Å². The van der Waals surface area contributed by atoms with Crippen molar-refractivity contribution < 1.29 is 4.79 Å². The third-order valence-corrected chi connectivity index (χ3v) is 3.00. The van der Waals surface area contributed by atoms with Crippen molar-refractivity contribution >= 4 is 16.8 Å². The molecule has 0 fully saturated rings. The van der Waals surface area contributed by atoms with Gasteiger partial charge < -0.3 is 0 Å². The van der Waals surface area contributed by atoms with Crippen LogP contribution < -0.4 is 5.56 Å². The summed E-state index contributed by atoms with van der Waals surface area (Å²) in [4.78, 5) is 22.4. The summed E-state index contributed by atoms with van der Waals surface area (Å²) in [6, 6.07) is 9.49. The lowest BCUT2D eigenvalue weighted by Crippen LogP contribution is -2.16. The highest BCUT2D eigenvalue weighted by atomic mass is 35.5. The smallest absolute Gasteiger partial charge is 0.267 e. The molecule has 0 saturated carbocycles. The quantitative estimate of drug-likeness (QED) is 0.872. The number of nitrogens with one attached hydrogen (secondary N) is 1. The monoisotopic (exact) mass is 276 g/mol. The molecule has 0 saturated heterocycles. The fraction of sp³-hybridized carbons (Fsp3) is 0.214. The fourth-order valence-corrected chi connectivity index (χ4v) is 1.93. The largest absolute Gasteiger partial charge is 0.281 e. The highest BCUT2D eigenvalue weighted by molar-refractivity contribution is 6.63. The van der Waals surface area contributed by atoms with Gasteiger partial charge in [-0.15, -0.1) is 0 Å². The van der Waals surface area contributed by atoms with Gasteiger partial charge in [-0.2, -0.15) is 5.10 Å². The Morgan fingerprint density at radius 1 is 1.32 bits per heavy atom. The van der Waals surface area contributed by atoms with Gasteiger partial charge in [0.25, 0.3) is 5.56 Å². The molecule has 1 N–H and O–H groups in total. The molecule has 0 aliphatic heterocycles. The molecule has 2 aromatic rings. The van der Waals surface area contributed by atoms with Crippen molar-refractivity contribution in [3.05, 3.63) is 51.8 Å². The van der Waals surface area contributed by atoms with Crippen LogP contribution in [0.25, 0.3) is 11.3 Å². The van der Waals surface area contributed by atoms with Crippen molar-refractivity contribution in [2.75, 3.05) is 0 Å². The molecule has 19 heavy (non-hydrogen) atoms. The molecular weight excluding hydrogens is 264 g/mol. The average Bonchev–Trinajstić information content (AvgIpc) is 2.41. The minimum atomic E-state index is -0.566. The molecule has 0 radical (unpaired) electrons. The third-order valence-electron chi connectivity index (χ3n) is 2.87. The molecule has 98 valence electrons. The fourth-order valence-electron chi connectivity index (χ4n) is 1.79. The van der Waals surface area contributed by atoms with Crippen molar-refractivity contribution in [1.82, 2.24) is 10.2 Å². The number of aromatic amines is 1. The molecule has 0 aliphatic rings. The van der Waals surface area contributed by atoms with Gasteiger partial charge in [-0.3, -0.25) is 9.59 Å². The molecule has 0 unspecified atom stereocenters. The van der Waals surface area contributed by atoms with Crippen LogP contribution in [0.4, 0.5) is 0 Å². The lowest BCUT2D eigenvalue weighted by molar-refractivity contribution is -0.111. The summed E-state index contributed by atoms with van der Waals surface area (Å²) in [6.07, 6.45) is 0.866. The van der Waals surface area contributed by atoms with Gasteiger partial charge in [0.15, 0.2) is 0 Å². The highest BCUT2D eigenvalue weighted by Crippen LogP contribution is 2.17. The molecule has 1 aromatic heterocycles. The van der Waals surface area contributed by atoms with E-state index in [1.807, 2.05) is 24.3 Å². The van der Waals surface area contributed by atoms with Crippen molar-refractivity contribution in [3.63, 3.8) is 0 Å². The molecular formula is C14H13ClN2O2. The zero-order valence-electron chi connectivity index (χ0n) is 10.4. The second-order valence-electron chi connectivity index (χ2n) is 4.19. The Morgan fingerprint density at radius 2 is 2.00 bits per heavy atom. The molecule has 0 aliphatic carbocycles. The Labute approximate surface area is 115 Å². The van der Waals surface area contributed by atoms with Crippen LogP contribution in [-0.4, -0.2) is 15.4 Å². The Hall–Kier alpha value is -1.94. The van der Waals surface area contributed by atoms with E-state index in [4.69, 9.17) is 11.6 Å². The Kier molecular flexibility index (Phi) is 4.12. The minimum Gasteiger partial charge on any atom is -0.281 e. The summed E-state index contributed by atoms with van der Waals surface area (Å²) in [7, 11) is 0. The molecule has 5 heteroatoms. The van der Waals surface area contributed by atoms with Gasteiger partial charge in [0.05, 0.1) is 12.1 Å². The number of hydrogen-bond acceptors (Lipinski definition) is 3. The number of nitrogens with zero attached hydrogens (tertiary/aromatic N) is 1. The third kappa shape index (κ3) is 3.29. The zero-order valence-corrected chi connectivity index (χ0v) is 11.2. The summed E-state index contributed by atoms with van der Waals surface area (Å²) >= 11 is 5.31. The second kappa shape index (κ2) is 5.80. The molecule has 0 amide bonds. The van der Waals surface area contributed by atoms with Crippen molar-refractivity contribution in [2.45, 2.75) is 19.8 Å². The first-order chi connectivity index (χ1) is 9.10. The first-order valence-corrected chi connectivity index (χ1v) is 6.34. The Balaban J connectivity index is 2.39. The average molecular weight is 277 g/mol. The molecule has 0 spiro atoms. The van der Waals surface area contributed by atoms with Crippen LogP contribution in [0.2, 0.25) is 0 Å². The number of hydrogen-bond donors (Lipinski definition) is 1. The van der Waals surface area contributed by atoms with Crippen LogP contribution in [-0.2, 0) is 17.6 Å². The first-order valence-electron chi connectivity index (χ1n) is 5.96. The second-order valence-corrected chi connectivity index (χ2v) is 4.61. The van der Waals surface area contributed by atoms with E-state index in [0.717, 1.165) is 12.0 Å². The highest BCUT2D eigenvalue weighted by Gasteiger charge is 2.08. The van der Waals surface area contributed by atoms with Crippen molar-refractivity contribution in [3.8, 4) is 11.3 Å². The molecule has 0 bridgehead atoms. The van der Waals surface area contributed by atoms with Crippen LogP contribution in [0.15, 0.2) is 35.1 Å². The topological polar surface area (TPSA) is 62.8 Å². The van der Waals surface area contributed by atoms with Crippen LogP contribution in [0.5, 0.6) is 0 Å². The van der Waals surface area contributed by atoms with Gasteiger partial charge in [-0.25, -0.2) is 5.10 Å². The minimum absolute atomic E-state index is 0.0978. The van der Waals surface area contributed by atoms with Gasteiger partial charge in [-0.05, 0) is 29.7 Å². The summed E-state index contributed by atoms with van der Waals surface area (Å²) in [5.74, 6) is 0. The SMILES string of the molecule is CCc1ccc(-c2cc(CC(=O)Cl)c(=O)[nH]n2)cc1. The number of aromatic nitrogens is 2. The Bertz CT molecular complexity index is 647. The van der Waals surface area contributed by atoms with Crippen molar-refractivity contribution in [1.29, 1.82) is 0 Å². The van der Waals surface area contributed by atoms with E-state index in [1.54, 1.807) is 6.07 Å². The Morgan fingerprint density at radius 3 is 2.58 bits per heavy atom. The number of carbonyl (C=O) groups is 1. The van der Waals surface area contributed by atoms with Crippen LogP contribution in [0, 0.1) is 0 Å². The summed E-state index contributed by atoms with van der Waals surface area (Å²) in [6.45, 7) is 2.08. The number of H-pyrrole nitrogens is 1. The van der Waals surface area contributed by atoms with Gasteiger partial charge in [-0.1, -0.05) is 31.2 Å². The maximum atomic E-state index is 11.5. The van der Waals surface area contributed by atoms with E-state index in [9.17, 15) is 9.59 Å². The molecule has 1 aromatic carbocycles. The van der Waals surface area contributed by atoms with Gasteiger partial charge in [0.1, 0.15) is 0 Å². The van der Waals surface area contributed by atoms with E-state index >= 15 is 0 Å². The molecule has 0 atom stereocenters. The summed E-state index contributed by atoms with van der Waals surface area (Å²) < 4.78 is 0. The van der Waals surface area contributed by atoms with E-state index in [2.05, 4.69) is 17.1 Å². The maximum Gasteiger partial charge on any atom is 0.267 e. The number of benzene rings is 1. The van der Waals surface area contributed by atoms with Crippen LogP contribution >= 0.6 is 11.6 Å².